The van der Waals surface area contributed by atoms with E-state index in [4.69, 9.17) is 4.42 Å². The van der Waals surface area contributed by atoms with E-state index in [1.54, 1.807) is 18.2 Å². The fraction of sp³-hybridized carbons (Fsp3) is 0.263. The number of nitrogens with one attached hydrogen (secondary N) is 1. The van der Waals surface area contributed by atoms with E-state index in [2.05, 4.69) is 9.97 Å². The predicted octanol–water partition coefficient (Wildman–Crippen LogP) is 3.61. The number of benzene rings is 1. The summed E-state index contributed by atoms with van der Waals surface area (Å²) in [7, 11) is 0. The number of halogens is 3. The minimum absolute atomic E-state index is 0.139. The van der Waals surface area contributed by atoms with E-state index >= 15 is 0 Å². The van der Waals surface area contributed by atoms with Crippen LogP contribution in [-0.4, -0.2) is 21.4 Å². The molecule has 0 bridgehead atoms. The molecule has 0 saturated carbocycles. The summed E-state index contributed by atoms with van der Waals surface area (Å²) in [6, 6.07) is 8.93. The SMILES string of the molecule is O=c1[nH]c(-c2ccco2)nc2c1CCN(Cc1ccccc1C(F)(F)F)C2. The fourth-order valence-electron chi connectivity index (χ4n) is 3.33. The zero-order valence-electron chi connectivity index (χ0n) is 14.2. The van der Waals surface area contributed by atoms with Crippen LogP contribution in [0, 0.1) is 0 Å². The van der Waals surface area contributed by atoms with Crippen molar-refractivity contribution >= 4 is 0 Å². The minimum atomic E-state index is -4.40. The van der Waals surface area contributed by atoms with Gasteiger partial charge >= 0.3 is 6.18 Å². The molecule has 27 heavy (non-hydrogen) atoms. The number of alkyl halides is 3. The lowest BCUT2D eigenvalue weighted by Crippen LogP contribution is -2.35. The second-order valence-corrected chi connectivity index (χ2v) is 6.43. The number of fused-ring (bicyclic) bond motifs is 1. The summed E-state index contributed by atoms with van der Waals surface area (Å²) in [5.74, 6) is 0.760. The Morgan fingerprint density at radius 1 is 1.19 bits per heavy atom. The van der Waals surface area contributed by atoms with Gasteiger partial charge in [0, 0.05) is 25.2 Å². The molecule has 0 fully saturated rings. The van der Waals surface area contributed by atoms with Crippen molar-refractivity contribution in [2.75, 3.05) is 6.54 Å². The highest BCUT2D eigenvalue weighted by Gasteiger charge is 2.33. The van der Waals surface area contributed by atoms with Crippen molar-refractivity contribution in [3.8, 4) is 11.6 Å². The molecule has 3 aromatic rings. The van der Waals surface area contributed by atoms with Crippen LogP contribution < -0.4 is 5.56 Å². The number of hydrogen-bond acceptors (Lipinski definition) is 4. The topological polar surface area (TPSA) is 62.1 Å². The molecule has 5 nitrogen and oxygen atoms in total. The Kier molecular flexibility index (Phi) is 4.35. The molecular weight excluding hydrogens is 359 g/mol. The number of hydrogen-bond donors (Lipinski definition) is 1. The second-order valence-electron chi connectivity index (χ2n) is 6.43. The molecule has 140 valence electrons. The van der Waals surface area contributed by atoms with E-state index in [1.165, 1.54) is 18.4 Å². The van der Waals surface area contributed by atoms with Crippen LogP contribution in [0.1, 0.15) is 22.4 Å². The van der Waals surface area contributed by atoms with Crippen LogP contribution in [0.25, 0.3) is 11.6 Å². The third-order valence-electron chi connectivity index (χ3n) is 4.62. The van der Waals surface area contributed by atoms with E-state index in [-0.39, 0.29) is 17.7 Å². The maximum atomic E-state index is 13.2. The molecule has 0 atom stereocenters. The molecule has 1 aromatic carbocycles. The van der Waals surface area contributed by atoms with Gasteiger partial charge in [-0.1, -0.05) is 18.2 Å². The van der Waals surface area contributed by atoms with Gasteiger partial charge < -0.3 is 9.40 Å². The summed E-state index contributed by atoms with van der Waals surface area (Å²) in [5.41, 5.74) is 0.490. The average Bonchev–Trinajstić information content (AvgIpc) is 3.15. The standard InChI is InChI=1S/C19H16F3N3O2/c20-19(21,22)14-5-2-1-4-12(14)10-25-8-7-13-15(11-25)23-17(24-18(13)26)16-6-3-9-27-16/h1-6,9H,7-8,10-11H2,(H,23,24,26). The Morgan fingerprint density at radius 2 is 2.00 bits per heavy atom. The van der Waals surface area contributed by atoms with Crippen LogP contribution in [0.2, 0.25) is 0 Å². The largest absolute Gasteiger partial charge is 0.461 e. The number of aromatic amines is 1. The first-order valence-corrected chi connectivity index (χ1v) is 8.45. The van der Waals surface area contributed by atoms with E-state index < -0.39 is 11.7 Å². The van der Waals surface area contributed by atoms with Gasteiger partial charge in [-0.3, -0.25) is 9.69 Å². The molecule has 0 radical (unpaired) electrons. The third kappa shape index (κ3) is 3.52. The highest BCUT2D eigenvalue weighted by Crippen LogP contribution is 2.33. The van der Waals surface area contributed by atoms with Crippen molar-refractivity contribution in [2.24, 2.45) is 0 Å². The quantitative estimate of drug-likeness (QED) is 0.760. The average molecular weight is 375 g/mol. The molecule has 4 rings (SSSR count). The van der Waals surface area contributed by atoms with Crippen LogP contribution in [0.15, 0.2) is 51.9 Å². The Bertz CT molecular complexity index is 1010. The van der Waals surface area contributed by atoms with Gasteiger partial charge in [-0.2, -0.15) is 13.2 Å². The van der Waals surface area contributed by atoms with Crippen LogP contribution in [-0.2, 0) is 25.7 Å². The molecule has 2 aromatic heterocycles. The van der Waals surface area contributed by atoms with Gasteiger partial charge in [-0.05, 0) is 30.2 Å². The number of nitrogens with zero attached hydrogens (tertiary/aromatic N) is 2. The van der Waals surface area contributed by atoms with Crippen molar-refractivity contribution < 1.29 is 17.6 Å². The Morgan fingerprint density at radius 3 is 2.74 bits per heavy atom. The van der Waals surface area contributed by atoms with Crippen molar-refractivity contribution in [3.05, 3.63) is 75.4 Å². The maximum Gasteiger partial charge on any atom is 0.416 e. The first kappa shape index (κ1) is 17.5. The summed E-state index contributed by atoms with van der Waals surface area (Å²) < 4.78 is 44.9. The number of rotatable bonds is 3. The van der Waals surface area contributed by atoms with Gasteiger partial charge in [0.25, 0.3) is 5.56 Å². The molecule has 0 spiro atoms. The van der Waals surface area contributed by atoms with Crippen molar-refractivity contribution in [3.63, 3.8) is 0 Å². The smallest absolute Gasteiger partial charge is 0.416 e. The van der Waals surface area contributed by atoms with Crippen molar-refractivity contribution in [1.29, 1.82) is 0 Å². The van der Waals surface area contributed by atoms with Crippen LogP contribution in [0.3, 0.4) is 0 Å². The summed E-state index contributed by atoms with van der Waals surface area (Å²) in [5, 5.41) is 0. The van der Waals surface area contributed by atoms with Crippen LogP contribution in [0.5, 0.6) is 0 Å². The van der Waals surface area contributed by atoms with Gasteiger partial charge in [-0.15, -0.1) is 0 Å². The molecule has 0 unspecified atom stereocenters. The molecule has 0 aliphatic carbocycles. The molecule has 8 heteroatoms. The van der Waals surface area contributed by atoms with E-state index in [0.29, 0.717) is 42.4 Å². The molecular formula is C19H16F3N3O2. The van der Waals surface area contributed by atoms with Crippen molar-refractivity contribution in [2.45, 2.75) is 25.7 Å². The summed E-state index contributed by atoms with van der Waals surface area (Å²) in [6.45, 7) is 0.933. The predicted molar refractivity (Wildman–Crippen MR) is 91.8 cm³/mol. The summed E-state index contributed by atoms with van der Waals surface area (Å²) >= 11 is 0. The van der Waals surface area contributed by atoms with Gasteiger partial charge in [0.2, 0.25) is 0 Å². The first-order chi connectivity index (χ1) is 12.9. The number of furan rings is 1. The number of H-pyrrole nitrogens is 1. The second kappa shape index (κ2) is 6.70. The maximum absolute atomic E-state index is 13.2. The van der Waals surface area contributed by atoms with Crippen LogP contribution >= 0.6 is 0 Å². The molecule has 3 heterocycles. The van der Waals surface area contributed by atoms with Gasteiger partial charge in [0.05, 0.1) is 17.5 Å². The first-order valence-electron chi connectivity index (χ1n) is 8.45. The van der Waals surface area contributed by atoms with Gasteiger partial charge in [0.15, 0.2) is 11.6 Å². The Labute approximate surface area is 152 Å². The zero-order valence-corrected chi connectivity index (χ0v) is 14.2. The lowest BCUT2D eigenvalue weighted by atomic mass is 10.0. The fourth-order valence-corrected chi connectivity index (χ4v) is 3.33. The number of aromatic nitrogens is 2. The monoisotopic (exact) mass is 375 g/mol. The van der Waals surface area contributed by atoms with E-state index in [9.17, 15) is 18.0 Å². The lowest BCUT2D eigenvalue weighted by molar-refractivity contribution is -0.138. The third-order valence-corrected chi connectivity index (χ3v) is 4.62. The highest BCUT2D eigenvalue weighted by atomic mass is 19.4. The minimum Gasteiger partial charge on any atom is -0.461 e. The molecule has 1 N–H and O–H groups in total. The normalized spacial score (nSPS) is 14.9. The molecule has 1 aliphatic rings. The summed E-state index contributed by atoms with van der Waals surface area (Å²) in [6.07, 6.45) is -2.48. The molecule has 0 saturated heterocycles. The zero-order chi connectivity index (χ0) is 19.0. The molecule has 1 aliphatic heterocycles. The van der Waals surface area contributed by atoms with Gasteiger partial charge in [0.1, 0.15) is 0 Å². The Hall–Kier alpha value is -2.87. The molecule has 0 amide bonds. The van der Waals surface area contributed by atoms with E-state index in [0.717, 1.165) is 6.07 Å². The van der Waals surface area contributed by atoms with Crippen molar-refractivity contribution in [1.82, 2.24) is 14.9 Å². The van der Waals surface area contributed by atoms with E-state index in [1.807, 2.05) is 4.90 Å². The lowest BCUT2D eigenvalue weighted by Gasteiger charge is -2.28. The van der Waals surface area contributed by atoms with Gasteiger partial charge in [-0.25, -0.2) is 4.98 Å². The summed E-state index contributed by atoms with van der Waals surface area (Å²) in [4.78, 5) is 21.4. The van der Waals surface area contributed by atoms with Crippen LogP contribution in [0.4, 0.5) is 13.2 Å². The Balaban J connectivity index is 1.62. The highest BCUT2D eigenvalue weighted by molar-refractivity contribution is 5.47.